The highest BCUT2D eigenvalue weighted by Crippen LogP contribution is 2.16. The van der Waals surface area contributed by atoms with E-state index in [9.17, 15) is 14.4 Å². The molecule has 7 nitrogen and oxygen atoms in total. The lowest BCUT2D eigenvalue weighted by molar-refractivity contribution is -0.139. The van der Waals surface area contributed by atoms with Gasteiger partial charge in [0.2, 0.25) is 11.8 Å². The summed E-state index contributed by atoms with van der Waals surface area (Å²) >= 11 is 0. The topological polar surface area (TPSA) is 87.7 Å². The summed E-state index contributed by atoms with van der Waals surface area (Å²) < 4.78 is 4.92. The number of carbonyl (C=O) groups is 3. The average molecular weight is 370 g/mol. The van der Waals surface area contributed by atoms with Gasteiger partial charge < -0.3 is 15.4 Å². The molecule has 3 amide bonds. The smallest absolute Gasteiger partial charge is 0.251 e. The van der Waals surface area contributed by atoms with Gasteiger partial charge in [-0.05, 0) is 17.7 Å². The second kappa shape index (κ2) is 10.8. The molecule has 1 saturated heterocycles. The molecule has 0 atom stereocenters. The van der Waals surface area contributed by atoms with Crippen molar-refractivity contribution in [3.8, 4) is 0 Å². The molecule has 1 aliphatic rings. The Morgan fingerprint density at radius 3 is 2.32 bits per heavy atom. The van der Waals surface area contributed by atoms with Gasteiger partial charge in [0, 0.05) is 45.1 Å². The average Bonchev–Trinajstić information content (AvgIpc) is 2.90. The molecule has 0 radical (unpaired) electrons. The van der Waals surface area contributed by atoms with E-state index < -0.39 is 0 Å². The van der Waals surface area contributed by atoms with E-state index in [1.807, 2.05) is 0 Å². The second-order valence-corrected chi connectivity index (χ2v) is 5.57. The quantitative estimate of drug-likeness (QED) is 0.495. The summed E-state index contributed by atoms with van der Waals surface area (Å²) in [5.74, 6) is -0.422. The van der Waals surface area contributed by atoms with Crippen LogP contribution in [0.1, 0.15) is 28.8 Å². The number of likely N-dealkylation sites (tertiary alicyclic amines) is 1. The van der Waals surface area contributed by atoms with Gasteiger partial charge in [-0.2, -0.15) is 0 Å². The summed E-state index contributed by atoms with van der Waals surface area (Å²) in [6.45, 7) is 2.85. The van der Waals surface area contributed by atoms with Crippen molar-refractivity contribution in [2.75, 3.05) is 33.4 Å². The molecule has 0 bridgehead atoms. The number of nitrogens with one attached hydrogen (secondary N) is 2. The van der Waals surface area contributed by atoms with E-state index >= 15 is 0 Å². The Labute approximate surface area is 153 Å². The van der Waals surface area contributed by atoms with Crippen LogP contribution in [-0.4, -0.2) is 56.0 Å². The summed E-state index contributed by atoms with van der Waals surface area (Å²) in [4.78, 5) is 36.5. The van der Waals surface area contributed by atoms with E-state index in [4.69, 9.17) is 4.74 Å². The Morgan fingerprint density at radius 1 is 1.08 bits per heavy atom. The first-order valence-electron chi connectivity index (χ1n) is 8.02. The van der Waals surface area contributed by atoms with Crippen LogP contribution in [0.5, 0.6) is 0 Å². The first-order chi connectivity index (χ1) is 11.6. The van der Waals surface area contributed by atoms with E-state index in [0.717, 1.165) is 12.1 Å². The molecule has 1 aromatic rings. The summed E-state index contributed by atoms with van der Waals surface area (Å²) in [6, 6.07) is 6.94. The molecular formula is C17H24ClN3O4. The minimum atomic E-state index is -0.150. The number of carbonyl (C=O) groups excluding carboxylic acids is 3. The van der Waals surface area contributed by atoms with Gasteiger partial charge in [-0.3, -0.25) is 19.3 Å². The number of ether oxygens (including phenoxy) is 1. The van der Waals surface area contributed by atoms with E-state index in [1.54, 1.807) is 31.4 Å². The van der Waals surface area contributed by atoms with Crippen LogP contribution in [0.4, 0.5) is 0 Å². The molecule has 0 unspecified atom stereocenters. The monoisotopic (exact) mass is 369 g/mol. The molecule has 2 rings (SSSR count). The lowest BCUT2D eigenvalue weighted by Gasteiger charge is -2.14. The summed E-state index contributed by atoms with van der Waals surface area (Å²) in [5.41, 5.74) is 1.38. The van der Waals surface area contributed by atoms with E-state index in [1.165, 1.54) is 4.90 Å². The SMILES string of the molecule is COCCNCCNC(=O)c1ccc(CN2C(=O)CCC2=O)cc1.Cl. The maximum absolute atomic E-state index is 12.0. The van der Waals surface area contributed by atoms with Gasteiger partial charge in [-0.1, -0.05) is 12.1 Å². The molecule has 2 N–H and O–H groups in total. The number of halogens is 1. The van der Waals surface area contributed by atoms with Crippen LogP contribution in [0.2, 0.25) is 0 Å². The molecule has 0 spiro atoms. The number of hydrogen-bond acceptors (Lipinski definition) is 5. The van der Waals surface area contributed by atoms with Gasteiger partial charge in [0.15, 0.2) is 0 Å². The van der Waals surface area contributed by atoms with E-state index in [-0.39, 0.29) is 49.5 Å². The number of nitrogens with zero attached hydrogens (tertiary/aromatic N) is 1. The van der Waals surface area contributed by atoms with Crippen molar-refractivity contribution in [2.24, 2.45) is 0 Å². The van der Waals surface area contributed by atoms with Crippen LogP contribution in [0.15, 0.2) is 24.3 Å². The van der Waals surface area contributed by atoms with Crippen molar-refractivity contribution >= 4 is 30.1 Å². The van der Waals surface area contributed by atoms with Crippen molar-refractivity contribution in [1.29, 1.82) is 0 Å². The Balaban J connectivity index is 0.00000312. The molecule has 1 aliphatic heterocycles. The zero-order valence-electron chi connectivity index (χ0n) is 14.2. The van der Waals surface area contributed by atoms with Crippen LogP contribution in [0, 0.1) is 0 Å². The fourth-order valence-electron chi connectivity index (χ4n) is 2.41. The van der Waals surface area contributed by atoms with E-state index in [0.29, 0.717) is 25.3 Å². The van der Waals surface area contributed by atoms with Crippen LogP contribution in [0.3, 0.4) is 0 Å². The third-order valence-corrected chi connectivity index (χ3v) is 3.78. The standard InChI is InChI=1S/C17H23N3O4.ClH/c1-24-11-10-18-8-9-19-17(23)14-4-2-13(3-5-14)12-20-15(21)6-7-16(20)22;/h2-5,18H,6-12H2,1H3,(H,19,23);1H. The van der Waals surface area contributed by atoms with Crippen LogP contribution in [0.25, 0.3) is 0 Å². The highest BCUT2D eigenvalue weighted by atomic mass is 35.5. The molecule has 1 heterocycles. The lowest BCUT2D eigenvalue weighted by atomic mass is 10.1. The number of amides is 3. The molecular weight excluding hydrogens is 346 g/mol. The maximum Gasteiger partial charge on any atom is 0.251 e. The number of imide groups is 1. The first-order valence-corrected chi connectivity index (χ1v) is 8.02. The largest absolute Gasteiger partial charge is 0.383 e. The van der Waals surface area contributed by atoms with Gasteiger partial charge in [0.1, 0.15) is 0 Å². The Morgan fingerprint density at radius 2 is 1.72 bits per heavy atom. The Bertz CT molecular complexity index is 576. The highest BCUT2D eigenvalue weighted by molar-refractivity contribution is 6.01. The van der Waals surface area contributed by atoms with Crippen molar-refractivity contribution in [3.05, 3.63) is 35.4 Å². The first kappa shape index (κ1) is 21.1. The summed E-state index contributed by atoms with van der Waals surface area (Å²) in [6.07, 6.45) is 0.579. The number of hydrogen-bond donors (Lipinski definition) is 2. The van der Waals surface area contributed by atoms with Crippen molar-refractivity contribution in [2.45, 2.75) is 19.4 Å². The molecule has 0 saturated carbocycles. The third kappa shape index (κ3) is 6.45. The predicted molar refractivity (Wildman–Crippen MR) is 95.6 cm³/mol. The van der Waals surface area contributed by atoms with Crippen molar-refractivity contribution in [1.82, 2.24) is 15.5 Å². The third-order valence-electron chi connectivity index (χ3n) is 3.78. The highest BCUT2D eigenvalue weighted by Gasteiger charge is 2.28. The van der Waals surface area contributed by atoms with Crippen molar-refractivity contribution < 1.29 is 19.1 Å². The Kier molecular flexibility index (Phi) is 9.12. The lowest BCUT2D eigenvalue weighted by Crippen LogP contribution is -2.33. The fourth-order valence-corrected chi connectivity index (χ4v) is 2.41. The fraction of sp³-hybridized carbons (Fsp3) is 0.471. The van der Waals surface area contributed by atoms with Crippen LogP contribution >= 0.6 is 12.4 Å². The maximum atomic E-state index is 12.0. The zero-order chi connectivity index (χ0) is 17.4. The van der Waals surface area contributed by atoms with Gasteiger partial charge in [0.05, 0.1) is 13.2 Å². The van der Waals surface area contributed by atoms with Crippen molar-refractivity contribution in [3.63, 3.8) is 0 Å². The normalized spacial score (nSPS) is 13.7. The zero-order valence-corrected chi connectivity index (χ0v) is 15.1. The number of benzene rings is 1. The summed E-state index contributed by atoms with van der Waals surface area (Å²) in [7, 11) is 1.64. The molecule has 1 aromatic carbocycles. The Hall–Kier alpha value is -1.96. The predicted octanol–water partition coefficient (Wildman–Crippen LogP) is 0.723. The molecule has 138 valence electrons. The van der Waals surface area contributed by atoms with Gasteiger partial charge in [-0.15, -0.1) is 12.4 Å². The molecule has 0 aliphatic carbocycles. The molecule has 1 fully saturated rings. The van der Waals surface area contributed by atoms with Crippen LogP contribution in [-0.2, 0) is 20.9 Å². The number of methoxy groups -OCH3 is 1. The van der Waals surface area contributed by atoms with Crippen LogP contribution < -0.4 is 10.6 Å². The van der Waals surface area contributed by atoms with Gasteiger partial charge >= 0.3 is 0 Å². The number of rotatable bonds is 9. The minimum absolute atomic E-state index is 0. The van der Waals surface area contributed by atoms with E-state index in [2.05, 4.69) is 10.6 Å². The molecule has 25 heavy (non-hydrogen) atoms. The molecule has 0 aromatic heterocycles. The second-order valence-electron chi connectivity index (χ2n) is 5.57. The molecule has 8 heteroatoms. The summed E-state index contributed by atoms with van der Waals surface area (Å²) in [5, 5.41) is 5.96. The van der Waals surface area contributed by atoms with Gasteiger partial charge in [0.25, 0.3) is 5.91 Å². The van der Waals surface area contributed by atoms with Gasteiger partial charge in [-0.25, -0.2) is 0 Å². The minimum Gasteiger partial charge on any atom is -0.383 e.